The van der Waals surface area contributed by atoms with Gasteiger partial charge in [-0.25, -0.2) is 0 Å². The van der Waals surface area contributed by atoms with E-state index in [-0.39, 0.29) is 0 Å². The Hall–Kier alpha value is -2.54. The molecule has 2 atom stereocenters. The molecule has 5 rings (SSSR count). The third kappa shape index (κ3) is 1.93. The lowest BCUT2D eigenvalue weighted by Gasteiger charge is -2.40. The number of allylic oxidation sites excluding steroid dienone is 11. The highest BCUT2D eigenvalue weighted by Crippen LogP contribution is 2.50. The predicted molar refractivity (Wildman–Crippen MR) is 96.8 cm³/mol. The Labute approximate surface area is 137 Å². The highest BCUT2D eigenvalue weighted by atomic mass is 14.9. The van der Waals surface area contributed by atoms with Gasteiger partial charge in [-0.15, -0.1) is 0 Å². The van der Waals surface area contributed by atoms with E-state index < -0.39 is 0 Å². The molecule has 0 bridgehead atoms. The maximum atomic E-state index is 3.66. The molecule has 3 aliphatic carbocycles. The van der Waals surface area contributed by atoms with Crippen molar-refractivity contribution in [3.8, 4) is 0 Å². The van der Waals surface area contributed by atoms with Gasteiger partial charge in [0.2, 0.25) is 0 Å². The minimum Gasteiger partial charge on any atom is -0.358 e. The molecule has 1 N–H and O–H groups in total. The molecule has 0 radical (unpaired) electrons. The van der Waals surface area contributed by atoms with E-state index in [9.17, 15) is 0 Å². The quantitative estimate of drug-likeness (QED) is 0.732. The van der Waals surface area contributed by atoms with Gasteiger partial charge in [-0.2, -0.15) is 0 Å². The van der Waals surface area contributed by atoms with E-state index in [0.29, 0.717) is 11.8 Å². The molecule has 1 heterocycles. The average molecular weight is 297 g/mol. The van der Waals surface area contributed by atoms with Crippen LogP contribution < -0.4 is 5.32 Å². The topological polar surface area (TPSA) is 12.0 Å². The van der Waals surface area contributed by atoms with Crippen LogP contribution in [-0.2, 0) is 0 Å². The minimum atomic E-state index is 0.422. The van der Waals surface area contributed by atoms with Crippen molar-refractivity contribution >= 4 is 11.3 Å². The van der Waals surface area contributed by atoms with Gasteiger partial charge in [-0.1, -0.05) is 60.7 Å². The normalized spacial score (nSPS) is 27.0. The van der Waals surface area contributed by atoms with Crippen LogP contribution in [0.5, 0.6) is 0 Å². The molecular formula is C22H19N. The summed E-state index contributed by atoms with van der Waals surface area (Å²) >= 11 is 0. The lowest BCUT2D eigenvalue weighted by Crippen LogP contribution is -2.30. The van der Waals surface area contributed by atoms with Crippen molar-refractivity contribution in [3.05, 3.63) is 95.3 Å². The molecule has 1 nitrogen and oxygen atoms in total. The summed E-state index contributed by atoms with van der Waals surface area (Å²) in [6, 6.07) is 8.64. The number of benzene rings is 1. The summed E-state index contributed by atoms with van der Waals surface area (Å²) in [5.41, 5.74) is 8.21. The fourth-order valence-corrected chi connectivity index (χ4v) is 4.22. The number of hydrogen-bond donors (Lipinski definition) is 1. The van der Waals surface area contributed by atoms with E-state index >= 15 is 0 Å². The first-order valence-corrected chi connectivity index (χ1v) is 8.45. The van der Waals surface area contributed by atoms with E-state index in [4.69, 9.17) is 0 Å². The first-order chi connectivity index (χ1) is 11.4. The molecule has 4 aliphatic rings. The SMILES string of the molecule is C1=CC2C(C3=CCCC=C3)=CC=C3Nc4ccccc4C(=C1)C32. The zero-order chi connectivity index (χ0) is 15.2. The Kier molecular flexibility index (Phi) is 2.81. The number of fused-ring (bicyclic) bond motifs is 2. The molecule has 0 aromatic heterocycles. The van der Waals surface area contributed by atoms with Crippen LogP contribution in [0.25, 0.3) is 5.57 Å². The van der Waals surface area contributed by atoms with Crippen molar-refractivity contribution in [1.29, 1.82) is 0 Å². The lowest BCUT2D eigenvalue weighted by atomic mass is 9.68. The van der Waals surface area contributed by atoms with Crippen molar-refractivity contribution < 1.29 is 0 Å². The highest BCUT2D eigenvalue weighted by molar-refractivity contribution is 5.87. The van der Waals surface area contributed by atoms with Crippen molar-refractivity contribution in [2.75, 3.05) is 5.32 Å². The molecule has 112 valence electrons. The van der Waals surface area contributed by atoms with E-state index in [0.717, 1.165) is 6.42 Å². The molecule has 1 heteroatoms. The molecule has 1 aromatic carbocycles. The molecule has 0 spiro atoms. The lowest BCUT2D eigenvalue weighted by molar-refractivity contribution is 0.611. The van der Waals surface area contributed by atoms with Crippen LogP contribution in [0.2, 0.25) is 0 Å². The van der Waals surface area contributed by atoms with Gasteiger partial charge in [-0.05, 0) is 41.7 Å². The van der Waals surface area contributed by atoms with Crippen LogP contribution in [-0.4, -0.2) is 0 Å². The second-order valence-corrected chi connectivity index (χ2v) is 6.56. The molecule has 2 unspecified atom stereocenters. The Morgan fingerprint density at radius 1 is 0.957 bits per heavy atom. The summed E-state index contributed by atoms with van der Waals surface area (Å²) in [5, 5.41) is 3.66. The maximum Gasteiger partial charge on any atom is 0.0458 e. The fraction of sp³-hybridized carbons (Fsp3) is 0.182. The predicted octanol–water partition coefficient (Wildman–Crippen LogP) is 5.40. The second kappa shape index (κ2) is 4.99. The maximum absolute atomic E-state index is 3.66. The summed E-state index contributed by atoms with van der Waals surface area (Å²) in [7, 11) is 0. The van der Waals surface area contributed by atoms with Crippen LogP contribution in [0.15, 0.2) is 89.7 Å². The van der Waals surface area contributed by atoms with Gasteiger partial charge in [0.1, 0.15) is 0 Å². The van der Waals surface area contributed by atoms with E-state index in [1.54, 1.807) is 0 Å². The van der Waals surface area contributed by atoms with Crippen molar-refractivity contribution in [2.24, 2.45) is 11.8 Å². The van der Waals surface area contributed by atoms with Gasteiger partial charge >= 0.3 is 0 Å². The fourth-order valence-electron chi connectivity index (χ4n) is 4.22. The smallest absolute Gasteiger partial charge is 0.0458 e. The number of para-hydroxylation sites is 1. The zero-order valence-corrected chi connectivity index (χ0v) is 13.0. The van der Waals surface area contributed by atoms with Crippen LogP contribution in [0.3, 0.4) is 0 Å². The van der Waals surface area contributed by atoms with Crippen molar-refractivity contribution in [1.82, 2.24) is 0 Å². The minimum absolute atomic E-state index is 0.422. The summed E-state index contributed by atoms with van der Waals surface area (Å²) in [6.07, 6.45) is 20.8. The summed E-state index contributed by atoms with van der Waals surface area (Å²) in [5.74, 6) is 0.857. The van der Waals surface area contributed by atoms with Gasteiger partial charge in [0.05, 0.1) is 0 Å². The summed E-state index contributed by atoms with van der Waals surface area (Å²) in [6.45, 7) is 0. The Balaban J connectivity index is 1.65. The number of anilines is 1. The molecule has 0 fully saturated rings. The highest BCUT2D eigenvalue weighted by Gasteiger charge is 2.37. The van der Waals surface area contributed by atoms with Gasteiger partial charge in [-0.3, -0.25) is 0 Å². The molecule has 0 amide bonds. The molecule has 23 heavy (non-hydrogen) atoms. The molecule has 0 saturated carbocycles. The van der Waals surface area contributed by atoms with Crippen LogP contribution in [0, 0.1) is 11.8 Å². The van der Waals surface area contributed by atoms with Crippen LogP contribution in [0.1, 0.15) is 18.4 Å². The van der Waals surface area contributed by atoms with Gasteiger partial charge in [0.25, 0.3) is 0 Å². The van der Waals surface area contributed by atoms with Gasteiger partial charge in [0, 0.05) is 28.8 Å². The number of hydrogen-bond acceptors (Lipinski definition) is 1. The van der Waals surface area contributed by atoms with Crippen LogP contribution in [0.4, 0.5) is 5.69 Å². The Morgan fingerprint density at radius 3 is 2.83 bits per heavy atom. The van der Waals surface area contributed by atoms with Crippen molar-refractivity contribution in [3.63, 3.8) is 0 Å². The summed E-state index contributed by atoms with van der Waals surface area (Å²) in [4.78, 5) is 0. The largest absolute Gasteiger partial charge is 0.358 e. The van der Waals surface area contributed by atoms with Crippen molar-refractivity contribution in [2.45, 2.75) is 12.8 Å². The molecule has 1 aliphatic heterocycles. The van der Waals surface area contributed by atoms with Gasteiger partial charge in [0.15, 0.2) is 0 Å². The second-order valence-electron chi connectivity index (χ2n) is 6.56. The third-order valence-electron chi connectivity index (χ3n) is 5.27. The molecule has 1 aromatic rings. The monoisotopic (exact) mass is 297 g/mol. The Bertz CT molecular complexity index is 858. The zero-order valence-electron chi connectivity index (χ0n) is 13.0. The molecular weight excluding hydrogens is 278 g/mol. The first-order valence-electron chi connectivity index (χ1n) is 8.45. The number of rotatable bonds is 1. The standard InChI is InChI=1S/C22H19N/c1-2-7-15(8-3-1)16-13-14-21-22-18(16)10-6-11-19(22)17-9-4-5-12-20(17)23-21/h2,4-14,18,22-23H,1,3H2. The first kappa shape index (κ1) is 13.0. The van der Waals surface area contributed by atoms with Gasteiger partial charge < -0.3 is 5.32 Å². The van der Waals surface area contributed by atoms with E-state index in [1.165, 1.54) is 40.1 Å². The number of nitrogens with one attached hydrogen (secondary N) is 1. The van der Waals surface area contributed by atoms with Crippen LogP contribution >= 0.6 is 0 Å². The van der Waals surface area contributed by atoms with E-state index in [1.807, 2.05) is 0 Å². The van der Waals surface area contributed by atoms with E-state index in [2.05, 4.69) is 78.2 Å². The molecule has 0 saturated heterocycles. The average Bonchev–Trinajstić information content (AvgIpc) is 2.63. The Morgan fingerprint density at radius 2 is 1.91 bits per heavy atom. The summed E-state index contributed by atoms with van der Waals surface area (Å²) < 4.78 is 0. The third-order valence-corrected chi connectivity index (χ3v) is 5.27.